The van der Waals surface area contributed by atoms with Crippen molar-refractivity contribution in [3.8, 4) is 0 Å². The van der Waals surface area contributed by atoms with Gasteiger partial charge in [0.1, 0.15) is 0 Å². The first-order valence-corrected chi connectivity index (χ1v) is 7.10. The predicted molar refractivity (Wildman–Crippen MR) is 44.5 cm³/mol. The van der Waals surface area contributed by atoms with Crippen molar-refractivity contribution >= 4 is 18.6 Å². The van der Waals surface area contributed by atoms with Crippen molar-refractivity contribution in [2.24, 2.45) is 0 Å². The Bertz CT molecular complexity index is 46.5. The molecule has 7 heavy (non-hydrogen) atoms. The van der Waals surface area contributed by atoms with Crippen LogP contribution in [0, 0.1) is 0 Å². The van der Waals surface area contributed by atoms with E-state index in [9.17, 15) is 0 Å². The molecule has 0 N–H and O–H groups in total. The summed E-state index contributed by atoms with van der Waals surface area (Å²) in [4.78, 5) is 0. The Morgan fingerprint density at radius 3 is 1.71 bits per heavy atom. The molecule has 0 radical (unpaired) electrons. The molecule has 1 atom stereocenters. The fraction of sp³-hybridized carbons (Fsp3) is 1.00. The molecule has 0 heterocycles. The molecule has 1 unspecified atom stereocenters. The largest absolute Gasteiger partial charge is 0.246 e. The molecule has 0 aromatic carbocycles. The number of rotatable bonds is 2. The maximum absolute atomic E-state index is 2.36. The SMILES string of the molecule is CPCS(C)(C)C. The highest BCUT2D eigenvalue weighted by molar-refractivity contribution is 8.34. The van der Waals surface area contributed by atoms with Gasteiger partial charge in [0.15, 0.2) is 0 Å². The van der Waals surface area contributed by atoms with Crippen molar-refractivity contribution in [1.29, 1.82) is 0 Å². The third-order valence-corrected chi connectivity index (χ3v) is 5.20. The summed E-state index contributed by atoms with van der Waals surface area (Å²) in [6.07, 6.45) is 7.09. The van der Waals surface area contributed by atoms with Gasteiger partial charge in [-0.3, -0.25) is 0 Å². The summed E-state index contributed by atoms with van der Waals surface area (Å²) in [5.41, 5.74) is 1.45. The summed E-state index contributed by atoms with van der Waals surface area (Å²) in [6, 6.07) is 0. The average molecular weight is 138 g/mol. The first-order chi connectivity index (χ1) is 3.06. The zero-order chi connectivity index (χ0) is 5.91. The first kappa shape index (κ1) is 7.78. The van der Waals surface area contributed by atoms with Crippen molar-refractivity contribution in [3.05, 3.63) is 0 Å². The quantitative estimate of drug-likeness (QED) is 0.512. The Morgan fingerprint density at radius 2 is 1.71 bits per heavy atom. The highest BCUT2D eigenvalue weighted by atomic mass is 32.3. The van der Waals surface area contributed by atoms with Crippen LogP contribution in [-0.4, -0.2) is 30.9 Å². The van der Waals surface area contributed by atoms with Gasteiger partial charge in [-0.15, -0.1) is 8.58 Å². The van der Waals surface area contributed by atoms with Gasteiger partial charge in [-0.1, -0.05) is 0 Å². The van der Waals surface area contributed by atoms with Gasteiger partial charge in [0, 0.05) is 0 Å². The molecule has 2 heteroatoms. The lowest BCUT2D eigenvalue weighted by Crippen LogP contribution is -1.91. The Kier molecular flexibility index (Phi) is 3.27. The van der Waals surface area contributed by atoms with Crippen LogP contribution in [-0.2, 0) is 0 Å². The van der Waals surface area contributed by atoms with E-state index in [1.54, 1.807) is 0 Å². The highest BCUT2D eigenvalue weighted by Crippen LogP contribution is 2.39. The van der Waals surface area contributed by atoms with Gasteiger partial charge in [0.25, 0.3) is 0 Å². The molecule has 0 aliphatic heterocycles. The van der Waals surface area contributed by atoms with Crippen LogP contribution in [0.25, 0.3) is 0 Å². The second-order valence-corrected chi connectivity index (χ2v) is 8.63. The van der Waals surface area contributed by atoms with Crippen molar-refractivity contribution in [2.75, 3.05) is 30.9 Å². The molecule has 0 amide bonds. The van der Waals surface area contributed by atoms with Gasteiger partial charge in [-0.25, -0.2) is 10.0 Å². The normalized spacial score (nSPS) is 16.0. The van der Waals surface area contributed by atoms with Gasteiger partial charge in [-0.2, -0.15) is 0 Å². The molecule has 0 aliphatic carbocycles. The Morgan fingerprint density at radius 1 is 1.29 bits per heavy atom. The molecule has 0 aromatic rings. The van der Waals surface area contributed by atoms with E-state index in [0.717, 1.165) is 8.58 Å². The standard InChI is InChI=1S/C5H15PS/c1-6-5-7(2,3)4/h6H,5H2,1-4H3. The number of hydrogen-bond donors (Lipinski definition) is 0. The summed E-state index contributed by atoms with van der Waals surface area (Å²) in [5, 5.41) is 0. The van der Waals surface area contributed by atoms with Crippen LogP contribution in [0.1, 0.15) is 0 Å². The highest BCUT2D eigenvalue weighted by Gasteiger charge is 1.98. The molecule has 46 valence electrons. The van der Waals surface area contributed by atoms with Crippen LogP contribution in [0.5, 0.6) is 0 Å². The zero-order valence-electron chi connectivity index (χ0n) is 5.62. The Balaban J connectivity index is 3.15. The predicted octanol–water partition coefficient (Wildman–Crippen LogP) is 1.95. The minimum Gasteiger partial charge on any atom is -0.246 e. The van der Waals surface area contributed by atoms with Crippen LogP contribution in [0.15, 0.2) is 0 Å². The van der Waals surface area contributed by atoms with Crippen LogP contribution in [0.2, 0.25) is 0 Å². The number of hydrogen-bond acceptors (Lipinski definition) is 0. The second-order valence-electron chi connectivity index (χ2n) is 2.59. The van der Waals surface area contributed by atoms with Gasteiger partial charge in [-0.05, 0) is 30.9 Å². The van der Waals surface area contributed by atoms with Crippen LogP contribution in [0.3, 0.4) is 0 Å². The lowest BCUT2D eigenvalue weighted by molar-refractivity contribution is 1.96. The van der Waals surface area contributed by atoms with Gasteiger partial charge in [0.05, 0.1) is 0 Å². The van der Waals surface area contributed by atoms with Crippen molar-refractivity contribution in [1.82, 2.24) is 0 Å². The maximum atomic E-state index is 2.36. The van der Waals surface area contributed by atoms with Gasteiger partial charge < -0.3 is 0 Å². The van der Waals surface area contributed by atoms with Crippen molar-refractivity contribution in [3.63, 3.8) is 0 Å². The Labute approximate surface area is 50.2 Å². The van der Waals surface area contributed by atoms with E-state index in [2.05, 4.69) is 25.4 Å². The molecule has 0 rings (SSSR count). The summed E-state index contributed by atoms with van der Waals surface area (Å²) in [7, 11) is 0.984. The molecular weight excluding hydrogens is 123 g/mol. The van der Waals surface area contributed by atoms with E-state index in [1.165, 1.54) is 5.49 Å². The van der Waals surface area contributed by atoms with Crippen molar-refractivity contribution in [2.45, 2.75) is 0 Å². The van der Waals surface area contributed by atoms with Crippen molar-refractivity contribution < 1.29 is 0 Å². The lowest BCUT2D eigenvalue weighted by atomic mass is 11.8. The van der Waals surface area contributed by atoms with E-state index in [0.29, 0.717) is 0 Å². The van der Waals surface area contributed by atoms with Gasteiger partial charge >= 0.3 is 0 Å². The third kappa shape index (κ3) is 6.78. The van der Waals surface area contributed by atoms with E-state index in [4.69, 9.17) is 0 Å². The molecule has 0 aliphatic rings. The molecule has 0 saturated carbocycles. The first-order valence-electron chi connectivity index (χ1n) is 2.37. The minimum atomic E-state index is -0.162. The molecule has 0 aromatic heterocycles. The van der Waals surface area contributed by atoms with E-state index >= 15 is 0 Å². The lowest BCUT2D eigenvalue weighted by Gasteiger charge is -2.23. The summed E-state index contributed by atoms with van der Waals surface area (Å²) >= 11 is 0. The van der Waals surface area contributed by atoms with E-state index in [1.807, 2.05) is 0 Å². The fourth-order valence-corrected chi connectivity index (χ4v) is 3.90. The third-order valence-electron chi connectivity index (χ3n) is 0.577. The maximum Gasteiger partial charge on any atom is -0.00608 e. The van der Waals surface area contributed by atoms with Crippen LogP contribution < -0.4 is 0 Å². The zero-order valence-corrected chi connectivity index (χ0v) is 7.43. The minimum absolute atomic E-state index is 0.162. The monoisotopic (exact) mass is 138 g/mol. The topological polar surface area (TPSA) is 0 Å². The second kappa shape index (κ2) is 2.94. The Hall–Kier alpha value is 0.780. The molecule has 0 spiro atoms. The smallest absolute Gasteiger partial charge is 0.00608 e. The van der Waals surface area contributed by atoms with Crippen LogP contribution in [0.4, 0.5) is 0 Å². The van der Waals surface area contributed by atoms with E-state index in [-0.39, 0.29) is 10.0 Å². The average Bonchev–Trinajstić information content (AvgIpc) is 1.30. The molecule has 0 nitrogen and oxygen atoms in total. The summed E-state index contributed by atoms with van der Waals surface area (Å²) in [5.74, 6) is 0. The summed E-state index contributed by atoms with van der Waals surface area (Å²) in [6.45, 7) is 2.28. The van der Waals surface area contributed by atoms with E-state index < -0.39 is 0 Å². The molecule has 0 bridgehead atoms. The van der Waals surface area contributed by atoms with Gasteiger partial charge in [0.2, 0.25) is 0 Å². The fourth-order valence-electron chi connectivity index (χ4n) is 0.433. The summed E-state index contributed by atoms with van der Waals surface area (Å²) < 4.78 is 0. The molecule has 0 fully saturated rings. The molecule has 0 saturated heterocycles. The van der Waals surface area contributed by atoms with Crippen LogP contribution >= 0.6 is 18.6 Å². The molecular formula is C5H15PS.